The molecule has 0 aliphatic carbocycles. The zero-order valence-corrected chi connectivity index (χ0v) is 16.0. The molecule has 132 valence electrons. The summed E-state index contributed by atoms with van der Waals surface area (Å²) in [6, 6.07) is 6.35. The van der Waals surface area contributed by atoms with Crippen LogP contribution in [0.3, 0.4) is 0 Å². The highest BCUT2D eigenvalue weighted by molar-refractivity contribution is 6.31. The van der Waals surface area contributed by atoms with E-state index in [4.69, 9.17) is 16.3 Å². The number of halogens is 1. The summed E-state index contributed by atoms with van der Waals surface area (Å²) in [6.45, 7) is 6.52. The van der Waals surface area contributed by atoms with Crippen molar-refractivity contribution in [3.63, 3.8) is 0 Å². The lowest BCUT2D eigenvalue weighted by Crippen LogP contribution is -2.33. The van der Waals surface area contributed by atoms with Crippen LogP contribution in [0.25, 0.3) is 22.0 Å². The van der Waals surface area contributed by atoms with Crippen LogP contribution < -0.4 is 0 Å². The predicted molar refractivity (Wildman–Crippen MR) is 101 cm³/mol. The van der Waals surface area contributed by atoms with E-state index < -0.39 is 0 Å². The Bertz CT molecular complexity index is 1090. The second-order valence-electron chi connectivity index (χ2n) is 7.38. The van der Waals surface area contributed by atoms with Crippen LogP contribution >= 0.6 is 11.6 Å². The maximum atomic E-state index is 9.81. The first-order valence-electron chi connectivity index (χ1n) is 8.49. The summed E-state index contributed by atoms with van der Waals surface area (Å²) in [5.41, 5.74) is 5.78. The SMILES string of the molecule is Cc1ccc2cnn(C)c2c1-c1c(C#N)c(Cl)nc2c1COC(C)(C)C2. The van der Waals surface area contributed by atoms with E-state index in [1.165, 1.54) is 0 Å². The fraction of sp³-hybridized carbons (Fsp3) is 0.350. The van der Waals surface area contributed by atoms with Gasteiger partial charge in [-0.15, -0.1) is 0 Å². The van der Waals surface area contributed by atoms with Crippen molar-refractivity contribution in [3.8, 4) is 17.2 Å². The molecule has 0 atom stereocenters. The van der Waals surface area contributed by atoms with Crippen LogP contribution in [-0.4, -0.2) is 20.4 Å². The van der Waals surface area contributed by atoms with Gasteiger partial charge in [0.1, 0.15) is 11.2 Å². The molecular formula is C20H19ClN4O. The standard InChI is InChI=1S/C20H19ClN4O/c1-11-5-6-12-9-23-25(4)18(12)16(11)17-13(8-22)19(21)24-15-7-20(2,3)26-10-14(15)17/h5-6,9H,7,10H2,1-4H3. The molecule has 6 heteroatoms. The summed E-state index contributed by atoms with van der Waals surface area (Å²) in [7, 11) is 1.91. The molecule has 0 bridgehead atoms. The molecule has 0 N–H and O–H groups in total. The van der Waals surface area contributed by atoms with Gasteiger partial charge in [0.15, 0.2) is 0 Å². The zero-order chi connectivity index (χ0) is 18.6. The number of pyridine rings is 1. The number of nitriles is 1. The highest BCUT2D eigenvalue weighted by Gasteiger charge is 2.32. The van der Waals surface area contributed by atoms with Crippen LogP contribution in [0.1, 0.15) is 36.2 Å². The average Bonchev–Trinajstić information content (AvgIpc) is 2.94. The van der Waals surface area contributed by atoms with Crippen LogP contribution in [0.4, 0.5) is 0 Å². The summed E-state index contributed by atoms with van der Waals surface area (Å²) >= 11 is 6.43. The van der Waals surface area contributed by atoms with Gasteiger partial charge < -0.3 is 4.74 Å². The number of nitrogens with zero attached hydrogens (tertiary/aromatic N) is 4. The van der Waals surface area contributed by atoms with Gasteiger partial charge in [0.25, 0.3) is 0 Å². The molecule has 3 aromatic rings. The van der Waals surface area contributed by atoms with Gasteiger partial charge >= 0.3 is 0 Å². The molecule has 1 aliphatic rings. The third kappa shape index (κ3) is 2.49. The predicted octanol–water partition coefficient (Wildman–Crippen LogP) is 4.32. The molecule has 0 saturated carbocycles. The molecule has 3 heterocycles. The number of aromatic nitrogens is 3. The Kier molecular flexibility index (Phi) is 3.80. The number of ether oxygens (including phenoxy) is 1. The smallest absolute Gasteiger partial charge is 0.147 e. The Morgan fingerprint density at radius 1 is 1.31 bits per heavy atom. The maximum absolute atomic E-state index is 9.81. The minimum absolute atomic E-state index is 0.248. The Morgan fingerprint density at radius 3 is 2.81 bits per heavy atom. The Hall–Kier alpha value is -2.42. The van der Waals surface area contributed by atoms with Crippen molar-refractivity contribution < 1.29 is 4.74 Å². The van der Waals surface area contributed by atoms with E-state index in [0.29, 0.717) is 18.6 Å². The second kappa shape index (κ2) is 5.80. The van der Waals surface area contributed by atoms with Crippen molar-refractivity contribution in [3.05, 3.63) is 45.9 Å². The van der Waals surface area contributed by atoms with E-state index in [1.54, 1.807) is 0 Å². The molecule has 4 rings (SSSR count). The molecule has 1 aliphatic heterocycles. The molecule has 26 heavy (non-hydrogen) atoms. The molecule has 0 saturated heterocycles. The molecular weight excluding hydrogens is 348 g/mol. The lowest BCUT2D eigenvalue weighted by Gasteiger charge is -2.33. The van der Waals surface area contributed by atoms with Gasteiger partial charge in [0.05, 0.1) is 35.2 Å². The second-order valence-corrected chi connectivity index (χ2v) is 7.74. The molecule has 0 unspecified atom stereocenters. The maximum Gasteiger partial charge on any atom is 0.147 e. The van der Waals surface area contributed by atoms with Gasteiger partial charge in [0, 0.05) is 35.5 Å². The van der Waals surface area contributed by atoms with Gasteiger partial charge in [-0.05, 0) is 26.3 Å². The molecule has 1 aromatic carbocycles. The third-order valence-corrected chi connectivity index (χ3v) is 5.29. The minimum Gasteiger partial charge on any atom is -0.370 e. The van der Waals surface area contributed by atoms with Crippen molar-refractivity contribution in [1.82, 2.24) is 14.8 Å². The van der Waals surface area contributed by atoms with Crippen LogP contribution in [0.2, 0.25) is 5.15 Å². The van der Waals surface area contributed by atoms with Crippen LogP contribution in [0.15, 0.2) is 18.3 Å². The monoisotopic (exact) mass is 366 g/mol. The van der Waals surface area contributed by atoms with E-state index >= 15 is 0 Å². The van der Waals surface area contributed by atoms with E-state index in [-0.39, 0.29) is 10.8 Å². The molecule has 0 fully saturated rings. The first-order chi connectivity index (χ1) is 12.3. The fourth-order valence-corrected chi connectivity index (χ4v) is 3.96. The number of aryl methyl sites for hydroxylation is 2. The normalized spacial score (nSPS) is 15.7. The molecule has 0 spiro atoms. The van der Waals surface area contributed by atoms with Crippen LogP contribution in [0.5, 0.6) is 0 Å². The van der Waals surface area contributed by atoms with E-state index in [0.717, 1.165) is 38.9 Å². The van der Waals surface area contributed by atoms with Gasteiger partial charge in [0.2, 0.25) is 0 Å². The lowest BCUT2D eigenvalue weighted by molar-refractivity contribution is -0.0410. The first kappa shape index (κ1) is 17.0. The summed E-state index contributed by atoms with van der Waals surface area (Å²) in [5, 5.41) is 15.5. The van der Waals surface area contributed by atoms with E-state index in [9.17, 15) is 5.26 Å². The van der Waals surface area contributed by atoms with Crippen molar-refractivity contribution in [2.75, 3.05) is 0 Å². The number of benzene rings is 1. The molecule has 0 amide bonds. The zero-order valence-electron chi connectivity index (χ0n) is 15.2. The van der Waals surface area contributed by atoms with Crippen LogP contribution in [0, 0.1) is 18.3 Å². The van der Waals surface area contributed by atoms with Gasteiger partial charge in [-0.3, -0.25) is 4.68 Å². The highest BCUT2D eigenvalue weighted by atomic mass is 35.5. The average molecular weight is 367 g/mol. The van der Waals surface area contributed by atoms with Crippen molar-refractivity contribution in [1.29, 1.82) is 5.26 Å². The molecule has 5 nitrogen and oxygen atoms in total. The summed E-state index contributed by atoms with van der Waals surface area (Å²) in [5.74, 6) is 0. The number of fused-ring (bicyclic) bond motifs is 2. The largest absolute Gasteiger partial charge is 0.370 e. The fourth-order valence-electron chi connectivity index (χ4n) is 3.72. The Balaban J connectivity index is 2.14. The van der Waals surface area contributed by atoms with Crippen molar-refractivity contribution in [2.24, 2.45) is 7.05 Å². The topological polar surface area (TPSA) is 63.7 Å². The Morgan fingerprint density at radius 2 is 2.08 bits per heavy atom. The summed E-state index contributed by atoms with van der Waals surface area (Å²) in [4.78, 5) is 4.53. The van der Waals surface area contributed by atoms with Gasteiger partial charge in [-0.2, -0.15) is 10.4 Å². The quantitative estimate of drug-likeness (QED) is 0.601. The lowest BCUT2D eigenvalue weighted by atomic mass is 9.86. The first-order valence-corrected chi connectivity index (χ1v) is 8.87. The van der Waals surface area contributed by atoms with Gasteiger partial charge in [-0.25, -0.2) is 4.98 Å². The number of hydrogen-bond donors (Lipinski definition) is 0. The van der Waals surface area contributed by atoms with Gasteiger partial charge in [-0.1, -0.05) is 23.7 Å². The van der Waals surface area contributed by atoms with Crippen molar-refractivity contribution >= 4 is 22.5 Å². The highest BCUT2D eigenvalue weighted by Crippen LogP contribution is 2.42. The van der Waals surface area contributed by atoms with E-state index in [2.05, 4.69) is 22.2 Å². The number of hydrogen-bond acceptors (Lipinski definition) is 4. The minimum atomic E-state index is -0.303. The molecule has 0 radical (unpaired) electrons. The van der Waals surface area contributed by atoms with Crippen molar-refractivity contribution in [2.45, 2.75) is 39.4 Å². The Labute approximate surface area is 157 Å². The molecule has 2 aromatic heterocycles. The summed E-state index contributed by atoms with van der Waals surface area (Å²) in [6.07, 6.45) is 2.49. The third-order valence-electron chi connectivity index (χ3n) is 5.01. The van der Waals surface area contributed by atoms with E-state index in [1.807, 2.05) is 44.8 Å². The summed E-state index contributed by atoms with van der Waals surface area (Å²) < 4.78 is 7.88. The van der Waals surface area contributed by atoms with Crippen LogP contribution in [-0.2, 0) is 24.8 Å². The number of rotatable bonds is 1.